The molecule has 2 aliphatic rings. The molecule has 3 aromatic carbocycles. The van der Waals surface area contributed by atoms with Crippen LogP contribution in [0.2, 0.25) is 10.0 Å². The number of amidine groups is 1. The molecule has 3 aromatic rings. The Balaban J connectivity index is 1.57. The van der Waals surface area contributed by atoms with Crippen LogP contribution >= 0.6 is 35.0 Å². The van der Waals surface area contributed by atoms with Gasteiger partial charge < -0.3 is 0 Å². The normalized spacial score (nSPS) is 19.0. The van der Waals surface area contributed by atoms with Crippen molar-refractivity contribution in [2.45, 2.75) is 12.5 Å². The summed E-state index contributed by atoms with van der Waals surface area (Å²) in [4.78, 5) is 15.9. The molecule has 0 saturated carbocycles. The average Bonchev–Trinajstić information content (AvgIpc) is 3.36. The highest BCUT2D eigenvalue weighted by molar-refractivity contribution is 8.14. The third-order valence-corrected chi connectivity index (χ3v) is 6.73. The Labute approximate surface area is 182 Å². The van der Waals surface area contributed by atoms with Crippen molar-refractivity contribution < 1.29 is 4.79 Å². The van der Waals surface area contributed by atoms with Gasteiger partial charge in [-0.25, -0.2) is 5.01 Å². The van der Waals surface area contributed by atoms with Gasteiger partial charge in [0.1, 0.15) is 0 Å². The molecule has 0 spiro atoms. The van der Waals surface area contributed by atoms with Crippen LogP contribution in [0.5, 0.6) is 0 Å². The van der Waals surface area contributed by atoms with E-state index in [4.69, 9.17) is 28.3 Å². The maximum atomic E-state index is 11.7. The van der Waals surface area contributed by atoms with Crippen molar-refractivity contribution in [2.24, 2.45) is 10.1 Å². The fourth-order valence-corrected chi connectivity index (χ4v) is 4.71. The molecule has 29 heavy (non-hydrogen) atoms. The maximum Gasteiger partial charge on any atom is 0.258 e. The molecule has 2 heterocycles. The fraction of sp³-hybridized carbons (Fsp3) is 0.136. The molecule has 4 nitrogen and oxygen atoms in total. The van der Waals surface area contributed by atoms with E-state index in [2.05, 4.69) is 35.3 Å². The van der Waals surface area contributed by atoms with E-state index >= 15 is 0 Å². The molecule has 0 radical (unpaired) electrons. The van der Waals surface area contributed by atoms with E-state index in [1.165, 1.54) is 22.5 Å². The first kappa shape index (κ1) is 18.7. The van der Waals surface area contributed by atoms with Crippen LogP contribution in [-0.2, 0) is 4.79 Å². The van der Waals surface area contributed by atoms with E-state index in [-0.39, 0.29) is 11.9 Å². The largest absolute Gasteiger partial charge is 0.272 e. The summed E-state index contributed by atoms with van der Waals surface area (Å²) in [5, 5.41) is 10.7. The quantitative estimate of drug-likeness (QED) is 0.497. The smallest absolute Gasteiger partial charge is 0.258 e. The van der Waals surface area contributed by atoms with Gasteiger partial charge in [-0.05, 0) is 40.1 Å². The summed E-state index contributed by atoms with van der Waals surface area (Å²) in [6.07, 6.45) is 0.685. The molecule has 0 aliphatic carbocycles. The molecule has 0 saturated heterocycles. The summed E-state index contributed by atoms with van der Waals surface area (Å²) in [7, 11) is 0. The lowest BCUT2D eigenvalue weighted by atomic mass is 9.96. The number of fused-ring (bicyclic) bond motifs is 1. The van der Waals surface area contributed by atoms with Gasteiger partial charge in [0.15, 0.2) is 5.17 Å². The third kappa shape index (κ3) is 3.54. The Morgan fingerprint density at radius 1 is 0.966 bits per heavy atom. The van der Waals surface area contributed by atoms with Crippen molar-refractivity contribution in [1.29, 1.82) is 0 Å². The third-order valence-electron chi connectivity index (χ3n) is 5.06. The molecule has 144 valence electrons. The van der Waals surface area contributed by atoms with Gasteiger partial charge in [-0.3, -0.25) is 4.79 Å². The van der Waals surface area contributed by atoms with Crippen LogP contribution in [0.25, 0.3) is 10.8 Å². The number of amides is 1. The summed E-state index contributed by atoms with van der Waals surface area (Å²) >= 11 is 13.7. The second kappa shape index (κ2) is 7.48. The Bertz CT molecular complexity index is 1210. The maximum absolute atomic E-state index is 11.7. The van der Waals surface area contributed by atoms with Crippen LogP contribution in [0, 0.1) is 0 Å². The summed E-state index contributed by atoms with van der Waals surface area (Å²) in [6, 6.07) is 20.2. The van der Waals surface area contributed by atoms with E-state index in [0.29, 0.717) is 27.4 Å². The first-order chi connectivity index (χ1) is 14.1. The standard InChI is InChI=1S/C22H15Cl2N3OS/c23-17-8-7-15(10-18(17)24)19-11-20(27(26-19)22-25-21(28)12-29-22)16-6-5-13-3-1-2-4-14(13)9-16/h1-10,20H,11-12H2. The van der Waals surface area contributed by atoms with Crippen LogP contribution in [0.4, 0.5) is 0 Å². The number of carbonyl (C=O) groups excluding carboxylic acids is 1. The zero-order valence-electron chi connectivity index (χ0n) is 15.2. The molecule has 1 atom stereocenters. The molecule has 0 fully saturated rings. The molecule has 5 rings (SSSR count). The van der Waals surface area contributed by atoms with Crippen molar-refractivity contribution in [3.05, 3.63) is 81.8 Å². The number of benzene rings is 3. The van der Waals surface area contributed by atoms with Crippen molar-refractivity contribution >= 4 is 62.5 Å². The van der Waals surface area contributed by atoms with Crippen LogP contribution in [0.3, 0.4) is 0 Å². The Morgan fingerprint density at radius 2 is 1.79 bits per heavy atom. The number of nitrogens with zero attached hydrogens (tertiary/aromatic N) is 3. The van der Waals surface area contributed by atoms with Crippen molar-refractivity contribution in [3.8, 4) is 0 Å². The van der Waals surface area contributed by atoms with Gasteiger partial charge in [-0.1, -0.05) is 77.4 Å². The van der Waals surface area contributed by atoms with Gasteiger partial charge in [0.05, 0.1) is 27.6 Å². The van der Waals surface area contributed by atoms with Crippen LogP contribution in [0.1, 0.15) is 23.6 Å². The second-order valence-corrected chi connectivity index (χ2v) is 8.68. The van der Waals surface area contributed by atoms with Crippen LogP contribution in [0.15, 0.2) is 70.8 Å². The van der Waals surface area contributed by atoms with Gasteiger partial charge in [0.2, 0.25) is 0 Å². The van der Waals surface area contributed by atoms with E-state index in [1.807, 2.05) is 29.3 Å². The monoisotopic (exact) mass is 439 g/mol. The van der Waals surface area contributed by atoms with Crippen LogP contribution < -0.4 is 0 Å². The summed E-state index contributed by atoms with van der Waals surface area (Å²) in [5.41, 5.74) is 2.94. The number of hydrogen-bond donors (Lipinski definition) is 0. The molecule has 7 heteroatoms. The minimum Gasteiger partial charge on any atom is -0.272 e. The molecular formula is C22H15Cl2N3OS. The zero-order valence-corrected chi connectivity index (χ0v) is 17.5. The zero-order chi connectivity index (χ0) is 20.0. The van der Waals surface area contributed by atoms with Crippen molar-refractivity contribution in [1.82, 2.24) is 5.01 Å². The minimum absolute atomic E-state index is 0.0405. The molecule has 0 bridgehead atoms. The highest BCUT2D eigenvalue weighted by Crippen LogP contribution is 2.38. The minimum atomic E-state index is -0.125. The van der Waals surface area contributed by atoms with E-state index in [1.54, 1.807) is 6.07 Å². The summed E-state index contributed by atoms with van der Waals surface area (Å²) in [5.74, 6) is 0.230. The molecule has 0 aromatic heterocycles. The van der Waals surface area contributed by atoms with Gasteiger partial charge in [-0.15, -0.1) is 0 Å². The van der Waals surface area contributed by atoms with Crippen LogP contribution in [-0.4, -0.2) is 27.5 Å². The number of carbonyl (C=O) groups is 1. The Morgan fingerprint density at radius 3 is 2.55 bits per heavy atom. The Hall–Kier alpha value is -2.34. The van der Waals surface area contributed by atoms with Crippen molar-refractivity contribution in [3.63, 3.8) is 0 Å². The molecule has 0 N–H and O–H groups in total. The lowest BCUT2D eigenvalue weighted by Crippen LogP contribution is -2.23. The summed E-state index contributed by atoms with van der Waals surface area (Å²) in [6.45, 7) is 0. The van der Waals surface area contributed by atoms with E-state index in [9.17, 15) is 4.79 Å². The van der Waals surface area contributed by atoms with Crippen molar-refractivity contribution in [2.75, 3.05) is 5.75 Å². The molecule has 1 amide bonds. The van der Waals surface area contributed by atoms with E-state index < -0.39 is 0 Å². The highest BCUT2D eigenvalue weighted by atomic mass is 35.5. The predicted octanol–water partition coefficient (Wildman–Crippen LogP) is 5.93. The topological polar surface area (TPSA) is 45.0 Å². The highest BCUT2D eigenvalue weighted by Gasteiger charge is 2.34. The SMILES string of the molecule is O=C1CSC(N2N=C(c3ccc(Cl)c(Cl)c3)CC2c2ccc3ccccc3c2)=N1. The van der Waals surface area contributed by atoms with Gasteiger partial charge in [0.25, 0.3) is 5.91 Å². The number of halogens is 2. The molecule has 2 aliphatic heterocycles. The van der Waals surface area contributed by atoms with Gasteiger partial charge in [0, 0.05) is 6.42 Å². The lowest BCUT2D eigenvalue weighted by Gasteiger charge is -2.23. The molecule has 1 unspecified atom stereocenters. The first-order valence-electron chi connectivity index (χ1n) is 9.13. The molecular weight excluding hydrogens is 425 g/mol. The number of aliphatic imine (C=N–C) groups is 1. The predicted molar refractivity (Wildman–Crippen MR) is 121 cm³/mol. The lowest BCUT2D eigenvalue weighted by molar-refractivity contribution is -0.115. The number of hydrazone groups is 1. The van der Waals surface area contributed by atoms with E-state index in [0.717, 1.165) is 16.8 Å². The summed E-state index contributed by atoms with van der Waals surface area (Å²) < 4.78 is 0. The fourth-order valence-electron chi connectivity index (χ4n) is 3.63. The number of thioether (sulfide) groups is 1. The Kier molecular flexibility index (Phi) is 4.82. The number of hydrogen-bond acceptors (Lipinski definition) is 4. The number of rotatable bonds is 2. The second-order valence-electron chi connectivity index (χ2n) is 6.92. The average molecular weight is 440 g/mol. The van der Waals surface area contributed by atoms with Gasteiger partial charge >= 0.3 is 0 Å². The van der Waals surface area contributed by atoms with Gasteiger partial charge in [-0.2, -0.15) is 10.1 Å². The first-order valence-corrected chi connectivity index (χ1v) is 10.9.